The Morgan fingerprint density at radius 1 is 1.25 bits per heavy atom. The first-order valence-electron chi connectivity index (χ1n) is 6.02. The highest BCUT2D eigenvalue weighted by Crippen LogP contribution is 2.32. The first-order valence-corrected chi connectivity index (χ1v) is 6.02. The zero-order valence-electron chi connectivity index (χ0n) is 11.3. The van der Waals surface area contributed by atoms with Gasteiger partial charge in [-0.1, -0.05) is 12.1 Å². The Morgan fingerprint density at radius 2 is 2.05 bits per heavy atom. The predicted octanol–water partition coefficient (Wildman–Crippen LogP) is 2.04. The van der Waals surface area contributed by atoms with Gasteiger partial charge in [0.2, 0.25) is 0 Å². The number of esters is 1. The Morgan fingerprint density at radius 3 is 2.60 bits per heavy atom. The van der Waals surface area contributed by atoms with Gasteiger partial charge in [0.1, 0.15) is 11.3 Å². The third-order valence-electron chi connectivity index (χ3n) is 2.91. The maximum absolute atomic E-state index is 11.7. The SMILES string of the molecule is COC(=O)c1cccc(-c2ccc(CO)cn2)c1OC. The fraction of sp³-hybridized carbons (Fsp3) is 0.200. The number of aromatic nitrogens is 1. The Bertz CT molecular complexity index is 608. The number of methoxy groups -OCH3 is 2. The fourth-order valence-corrected chi connectivity index (χ4v) is 1.91. The molecule has 0 aliphatic heterocycles. The van der Waals surface area contributed by atoms with E-state index < -0.39 is 5.97 Å². The number of para-hydroxylation sites is 1. The van der Waals surface area contributed by atoms with Crippen molar-refractivity contribution < 1.29 is 19.4 Å². The molecule has 5 heteroatoms. The smallest absolute Gasteiger partial charge is 0.341 e. The fourth-order valence-electron chi connectivity index (χ4n) is 1.91. The molecule has 0 aliphatic rings. The van der Waals surface area contributed by atoms with E-state index in [4.69, 9.17) is 14.6 Å². The molecule has 1 aromatic carbocycles. The van der Waals surface area contributed by atoms with Crippen molar-refractivity contribution in [2.75, 3.05) is 14.2 Å². The monoisotopic (exact) mass is 273 g/mol. The molecule has 2 aromatic rings. The van der Waals surface area contributed by atoms with Crippen LogP contribution in [0, 0.1) is 0 Å². The van der Waals surface area contributed by atoms with Crippen LogP contribution in [0.4, 0.5) is 0 Å². The number of aliphatic hydroxyl groups excluding tert-OH is 1. The summed E-state index contributed by atoms with van der Waals surface area (Å²) in [5, 5.41) is 9.02. The Balaban J connectivity index is 2.52. The maximum Gasteiger partial charge on any atom is 0.341 e. The van der Waals surface area contributed by atoms with Crippen molar-refractivity contribution in [2.24, 2.45) is 0 Å². The lowest BCUT2D eigenvalue weighted by Gasteiger charge is -2.12. The van der Waals surface area contributed by atoms with Gasteiger partial charge in [0, 0.05) is 11.8 Å². The van der Waals surface area contributed by atoms with Gasteiger partial charge in [0.05, 0.1) is 26.5 Å². The molecule has 1 aromatic heterocycles. The minimum Gasteiger partial charge on any atom is -0.495 e. The zero-order valence-corrected chi connectivity index (χ0v) is 11.3. The average molecular weight is 273 g/mol. The van der Waals surface area contributed by atoms with Gasteiger partial charge in [0.15, 0.2) is 0 Å². The summed E-state index contributed by atoms with van der Waals surface area (Å²) >= 11 is 0. The second-order valence-electron chi connectivity index (χ2n) is 4.09. The third-order valence-corrected chi connectivity index (χ3v) is 2.91. The first-order chi connectivity index (χ1) is 9.71. The van der Waals surface area contributed by atoms with Gasteiger partial charge < -0.3 is 14.6 Å². The van der Waals surface area contributed by atoms with Crippen LogP contribution in [0.25, 0.3) is 11.3 Å². The number of carbonyl (C=O) groups is 1. The lowest BCUT2D eigenvalue weighted by Crippen LogP contribution is -2.05. The van der Waals surface area contributed by atoms with Crippen LogP contribution in [0.1, 0.15) is 15.9 Å². The molecule has 0 fully saturated rings. The van der Waals surface area contributed by atoms with E-state index in [2.05, 4.69) is 4.98 Å². The molecule has 0 amide bonds. The van der Waals surface area contributed by atoms with E-state index in [1.165, 1.54) is 14.2 Å². The molecule has 0 unspecified atom stereocenters. The summed E-state index contributed by atoms with van der Waals surface area (Å²) in [5.41, 5.74) is 2.42. The molecule has 5 nitrogen and oxygen atoms in total. The largest absolute Gasteiger partial charge is 0.495 e. The molecule has 0 spiro atoms. The summed E-state index contributed by atoms with van der Waals surface area (Å²) in [6.07, 6.45) is 1.58. The highest BCUT2D eigenvalue weighted by molar-refractivity contribution is 5.95. The third kappa shape index (κ3) is 2.62. The number of hydrogen-bond donors (Lipinski definition) is 1. The van der Waals surface area contributed by atoms with Gasteiger partial charge >= 0.3 is 5.97 Å². The summed E-state index contributed by atoms with van der Waals surface area (Å²) in [7, 11) is 2.82. The Kier molecular flexibility index (Phi) is 4.32. The Labute approximate surface area is 116 Å². The second-order valence-corrected chi connectivity index (χ2v) is 4.09. The van der Waals surface area contributed by atoms with E-state index in [-0.39, 0.29) is 6.61 Å². The number of aliphatic hydroxyl groups is 1. The van der Waals surface area contributed by atoms with Crippen LogP contribution in [-0.2, 0) is 11.3 Å². The molecule has 1 N–H and O–H groups in total. The first kappa shape index (κ1) is 14.0. The highest BCUT2D eigenvalue weighted by Gasteiger charge is 2.17. The second kappa shape index (κ2) is 6.16. The highest BCUT2D eigenvalue weighted by atomic mass is 16.5. The molecule has 0 bridgehead atoms. The molecule has 2 rings (SSSR count). The molecule has 0 radical (unpaired) electrons. The van der Waals surface area contributed by atoms with E-state index in [9.17, 15) is 4.79 Å². The molecular weight excluding hydrogens is 258 g/mol. The topological polar surface area (TPSA) is 68.7 Å². The lowest BCUT2D eigenvalue weighted by molar-refractivity contribution is 0.0597. The van der Waals surface area contributed by atoms with Gasteiger partial charge in [0.25, 0.3) is 0 Å². The summed E-state index contributed by atoms with van der Waals surface area (Å²) < 4.78 is 10.1. The molecular formula is C15H15NO4. The van der Waals surface area contributed by atoms with E-state index in [1.54, 1.807) is 30.5 Å². The molecule has 0 aliphatic carbocycles. The van der Waals surface area contributed by atoms with Gasteiger partial charge in [-0.3, -0.25) is 4.98 Å². The number of pyridine rings is 1. The summed E-state index contributed by atoms with van der Waals surface area (Å²) in [6, 6.07) is 8.73. The normalized spacial score (nSPS) is 10.2. The van der Waals surface area contributed by atoms with Gasteiger partial charge in [-0.05, 0) is 23.8 Å². The van der Waals surface area contributed by atoms with E-state index in [1.807, 2.05) is 6.07 Å². The minimum absolute atomic E-state index is 0.0629. The number of hydrogen-bond acceptors (Lipinski definition) is 5. The molecule has 20 heavy (non-hydrogen) atoms. The lowest BCUT2D eigenvalue weighted by atomic mass is 10.0. The number of benzene rings is 1. The van der Waals surface area contributed by atoms with Crippen molar-refractivity contribution in [1.82, 2.24) is 4.98 Å². The summed E-state index contributed by atoms with van der Waals surface area (Å²) in [4.78, 5) is 16.0. The number of rotatable bonds is 4. The summed E-state index contributed by atoms with van der Waals surface area (Å²) in [6.45, 7) is -0.0629. The minimum atomic E-state index is -0.462. The van der Waals surface area contributed by atoms with Crippen molar-refractivity contribution in [3.05, 3.63) is 47.7 Å². The molecule has 0 saturated carbocycles. The standard InChI is InChI=1S/C15H15NO4/c1-19-14-11(4-3-5-12(14)15(18)20-2)13-7-6-10(9-17)8-16-13/h3-8,17H,9H2,1-2H3. The van der Waals surface area contributed by atoms with Crippen molar-refractivity contribution in [3.63, 3.8) is 0 Å². The van der Waals surface area contributed by atoms with E-state index in [0.29, 0.717) is 22.6 Å². The van der Waals surface area contributed by atoms with Gasteiger partial charge in [-0.15, -0.1) is 0 Å². The quantitative estimate of drug-likeness (QED) is 0.863. The van der Waals surface area contributed by atoms with Crippen LogP contribution in [0.5, 0.6) is 5.75 Å². The summed E-state index contributed by atoms with van der Waals surface area (Å²) in [5.74, 6) is -0.0423. The number of ether oxygens (including phenoxy) is 2. The zero-order chi connectivity index (χ0) is 14.5. The van der Waals surface area contributed by atoms with Crippen molar-refractivity contribution in [1.29, 1.82) is 0 Å². The van der Waals surface area contributed by atoms with Crippen LogP contribution >= 0.6 is 0 Å². The van der Waals surface area contributed by atoms with Crippen LogP contribution in [0.15, 0.2) is 36.5 Å². The van der Waals surface area contributed by atoms with E-state index in [0.717, 1.165) is 5.56 Å². The van der Waals surface area contributed by atoms with Crippen molar-refractivity contribution >= 4 is 5.97 Å². The number of carbonyl (C=O) groups excluding carboxylic acids is 1. The number of nitrogens with zero attached hydrogens (tertiary/aromatic N) is 1. The van der Waals surface area contributed by atoms with Gasteiger partial charge in [-0.2, -0.15) is 0 Å². The molecule has 0 atom stereocenters. The average Bonchev–Trinajstić information content (AvgIpc) is 2.53. The van der Waals surface area contributed by atoms with Crippen LogP contribution in [0.2, 0.25) is 0 Å². The van der Waals surface area contributed by atoms with Crippen LogP contribution in [-0.4, -0.2) is 30.3 Å². The van der Waals surface area contributed by atoms with Crippen molar-refractivity contribution in [2.45, 2.75) is 6.61 Å². The molecule has 1 heterocycles. The van der Waals surface area contributed by atoms with Crippen LogP contribution in [0.3, 0.4) is 0 Å². The van der Waals surface area contributed by atoms with Gasteiger partial charge in [-0.25, -0.2) is 4.79 Å². The predicted molar refractivity (Wildman–Crippen MR) is 73.5 cm³/mol. The Hall–Kier alpha value is -2.40. The van der Waals surface area contributed by atoms with Crippen LogP contribution < -0.4 is 4.74 Å². The van der Waals surface area contributed by atoms with Crippen molar-refractivity contribution in [3.8, 4) is 17.0 Å². The molecule has 0 saturated heterocycles. The maximum atomic E-state index is 11.7. The molecule has 104 valence electrons. The van der Waals surface area contributed by atoms with E-state index >= 15 is 0 Å².